The third-order valence-electron chi connectivity index (χ3n) is 2.93. The molecule has 1 heterocycles. The summed E-state index contributed by atoms with van der Waals surface area (Å²) in [5.41, 5.74) is 7.29. The van der Waals surface area contributed by atoms with Crippen molar-refractivity contribution in [1.29, 1.82) is 0 Å². The second-order valence-corrected chi connectivity index (χ2v) is 5.26. The molecule has 1 unspecified atom stereocenters. The van der Waals surface area contributed by atoms with Gasteiger partial charge in [-0.1, -0.05) is 45.0 Å². The number of hydrogen-bond donors (Lipinski definition) is 1. The van der Waals surface area contributed by atoms with E-state index in [1.165, 1.54) is 5.39 Å². The van der Waals surface area contributed by atoms with Crippen molar-refractivity contribution in [2.75, 3.05) is 0 Å². The number of benzene rings is 1. The SMILES string of the molecule is CC(C)(C)C(N)c1nccc2ccccc12. The Kier molecular flexibility index (Phi) is 2.68. The molecule has 0 aliphatic heterocycles. The topological polar surface area (TPSA) is 38.9 Å². The minimum Gasteiger partial charge on any atom is -0.322 e. The first-order chi connectivity index (χ1) is 7.50. The predicted octanol–water partition coefficient (Wildman–Crippen LogP) is 3.28. The molecule has 1 aromatic heterocycles. The molecule has 0 aliphatic rings. The van der Waals surface area contributed by atoms with Gasteiger partial charge in [-0.05, 0) is 16.9 Å². The van der Waals surface area contributed by atoms with Crippen molar-refractivity contribution < 1.29 is 0 Å². The van der Waals surface area contributed by atoms with Crippen molar-refractivity contribution in [3.8, 4) is 0 Å². The van der Waals surface area contributed by atoms with E-state index in [0.717, 1.165) is 11.1 Å². The predicted molar refractivity (Wildman–Crippen MR) is 68.1 cm³/mol. The van der Waals surface area contributed by atoms with Gasteiger partial charge in [-0.25, -0.2) is 0 Å². The molecular formula is C14H18N2. The Hall–Kier alpha value is -1.41. The summed E-state index contributed by atoms with van der Waals surface area (Å²) in [5, 5.41) is 2.36. The highest BCUT2D eigenvalue weighted by atomic mass is 14.8. The summed E-state index contributed by atoms with van der Waals surface area (Å²) in [6.45, 7) is 6.42. The Bertz CT molecular complexity index is 492. The average Bonchev–Trinajstić information content (AvgIpc) is 2.26. The highest BCUT2D eigenvalue weighted by Gasteiger charge is 2.24. The third kappa shape index (κ3) is 1.93. The third-order valence-corrected chi connectivity index (χ3v) is 2.93. The number of aromatic nitrogens is 1. The quantitative estimate of drug-likeness (QED) is 0.791. The molecule has 2 nitrogen and oxygen atoms in total. The van der Waals surface area contributed by atoms with Crippen LogP contribution in [-0.2, 0) is 0 Å². The van der Waals surface area contributed by atoms with E-state index in [0.29, 0.717) is 0 Å². The largest absolute Gasteiger partial charge is 0.322 e. The molecule has 0 spiro atoms. The molecule has 0 saturated carbocycles. The molecule has 0 amide bonds. The van der Waals surface area contributed by atoms with Gasteiger partial charge in [-0.3, -0.25) is 4.98 Å². The number of nitrogens with zero attached hydrogens (tertiary/aromatic N) is 1. The number of rotatable bonds is 1. The summed E-state index contributed by atoms with van der Waals surface area (Å²) >= 11 is 0. The number of fused-ring (bicyclic) bond motifs is 1. The smallest absolute Gasteiger partial charge is 0.0654 e. The van der Waals surface area contributed by atoms with Gasteiger partial charge >= 0.3 is 0 Å². The normalized spacial score (nSPS) is 14.0. The van der Waals surface area contributed by atoms with Crippen LogP contribution in [0, 0.1) is 5.41 Å². The minimum absolute atomic E-state index is 0.0249. The Morgan fingerprint density at radius 1 is 1.12 bits per heavy atom. The van der Waals surface area contributed by atoms with E-state index in [-0.39, 0.29) is 11.5 Å². The fraction of sp³-hybridized carbons (Fsp3) is 0.357. The lowest BCUT2D eigenvalue weighted by Gasteiger charge is -2.27. The summed E-state index contributed by atoms with van der Waals surface area (Å²) in [7, 11) is 0. The minimum atomic E-state index is -0.0430. The molecule has 2 N–H and O–H groups in total. The van der Waals surface area contributed by atoms with Crippen LogP contribution in [0.2, 0.25) is 0 Å². The van der Waals surface area contributed by atoms with Crippen LogP contribution < -0.4 is 5.73 Å². The van der Waals surface area contributed by atoms with Crippen LogP contribution in [0.3, 0.4) is 0 Å². The van der Waals surface area contributed by atoms with Gasteiger partial charge in [0, 0.05) is 11.6 Å². The first-order valence-electron chi connectivity index (χ1n) is 5.59. The van der Waals surface area contributed by atoms with Crippen molar-refractivity contribution in [3.63, 3.8) is 0 Å². The maximum absolute atomic E-state index is 6.28. The van der Waals surface area contributed by atoms with Crippen LogP contribution in [0.25, 0.3) is 10.8 Å². The zero-order valence-electron chi connectivity index (χ0n) is 10.1. The van der Waals surface area contributed by atoms with Gasteiger partial charge in [-0.15, -0.1) is 0 Å². The summed E-state index contributed by atoms with van der Waals surface area (Å²) in [6, 6.07) is 10.2. The Labute approximate surface area is 96.5 Å². The van der Waals surface area contributed by atoms with Gasteiger partial charge in [0.2, 0.25) is 0 Å². The number of pyridine rings is 1. The molecule has 0 aliphatic carbocycles. The molecule has 0 bridgehead atoms. The molecule has 1 aromatic carbocycles. The molecule has 0 fully saturated rings. The summed E-state index contributed by atoms with van der Waals surface area (Å²) in [4.78, 5) is 4.45. The molecular weight excluding hydrogens is 196 g/mol. The lowest BCUT2D eigenvalue weighted by atomic mass is 9.84. The summed E-state index contributed by atoms with van der Waals surface area (Å²) in [6.07, 6.45) is 1.84. The second kappa shape index (κ2) is 3.87. The van der Waals surface area contributed by atoms with Gasteiger partial charge in [-0.2, -0.15) is 0 Å². The van der Waals surface area contributed by atoms with Gasteiger partial charge < -0.3 is 5.73 Å². The van der Waals surface area contributed by atoms with E-state index in [2.05, 4.69) is 37.9 Å². The van der Waals surface area contributed by atoms with E-state index in [9.17, 15) is 0 Å². The summed E-state index contributed by atoms with van der Waals surface area (Å²) in [5.74, 6) is 0. The van der Waals surface area contributed by atoms with Crippen LogP contribution in [-0.4, -0.2) is 4.98 Å². The number of nitrogens with two attached hydrogens (primary N) is 1. The van der Waals surface area contributed by atoms with Gasteiger partial charge in [0.15, 0.2) is 0 Å². The van der Waals surface area contributed by atoms with Gasteiger partial charge in [0.1, 0.15) is 0 Å². The molecule has 2 rings (SSSR count). The van der Waals surface area contributed by atoms with Crippen molar-refractivity contribution in [3.05, 3.63) is 42.2 Å². The lowest BCUT2D eigenvalue weighted by molar-refractivity contribution is 0.323. The highest BCUT2D eigenvalue weighted by molar-refractivity contribution is 5.84. The zero-order chi connectivity index (χ0) is 11.8. The fourth-order valence-corrected chi connectivity index (χ4v) is 1.80. The van der Waals surface area contributed by atoms with Crippen LogP contribution in [0.4, 0.5) is 0 Å². The van der Waals surface area contributed by atoms with E-state index >= 15 is 0 Å². The Morgan fingerprint density at radius 2 is 1.81 bits per heavy atom. The average molecular weight is 214 g/mol. The van der Waals surface area contributed by atoms with Crippen molar-refractivity contribution in [2.45, 2.75) is 26.8 Å². The van der Waals surface area contributed by atoms with E-state index in [1.807, 2.05) is 24.4 Å². The first kappa shape index (κ1) is 11.1. The lowest BCUT2D eigenvalue weighted by Crippen LogP contribution is -2.27. The molecule has 16 heavy (non-hydrogen) atoms. The maximum atomic E-state index is 6.28. The summed E-state index contributed by atoms with van der Waals surface area (Å²) < 4.78 is 0. The van der Waals surface area contributed by atoms with Crippen molar-refractivity contribution in [1.82, 2.24) is 4.98 Å². The van der Waals surface area contributed by atoms with Crippen molar-refractivity contribution in [2.24, 2.45) is 11.1 Å². The molecule has 0 radical (unpaired) electrons. The molecule has 2 aromatic rings. The molecule has 84 valence electrons. The van der Waals surface area contributed by atoms with E-state index in [4.69, 9.17) is 5.73 Å². The molecule has 1 atom stereocenters. The Balaban J connectivity index is 2.61. The maximum Gasteiger partial charge on any atom is 0.0654 e. The van der Waals surface area contributed by atoms with E-state index in [1.54, 1.807) is 0 Å². The standard InChI is InChI=1S/C14H18N2/c1-14(2,3)13(15)12-11-7-5-4-6-10(11)8-9-16-12/h4-9,13H,15H2,1-3H3. The first-order valence-corrected chi connectivity index (χ1v) is 5.59. The monoisotopic (exact) mass is 214 g/mol. The second-order valence-electron chi connectivity index (χ2n) is 5.26. The van der Waals surface area contributed by atoms with Gasteiger partial charge in [0.25, 0.3) is 0 Å². The molecule has 2 heteroatoms. The molecule has 0 saturated heterocycles. The van der Waals surface area contributed by atoms with Crippen LogP contribution in [0.15, 0.2) is 36.5 Å². The van der Waals surface area contributed by atoms with Crippen LogP contribution in [0.5, 0.6) is 0 Å². The number of hydrogen-bond acceptors (Lipinski definition) is 2. The fourth-order valence-electron chi connectivity index (χ4n) is 1.80. The van der Waals surface area contributed by atoms with Crippen molar-refractivity contribution >= 4 is 10.8 Å². The van der Waals surface area contributed by atoms with Gasteiger partial charge in [0.05, 0.1) is 11.7 Å². The van der Waals surface area contributed by atoms with E-state index < -0.39 is 0 Å². The van der Waals surface area contributed by atoms with Crippen LogP contribution in [0.1, 0.15) is 32.5 Å². The highest BCUT2D eigenvalue weighted by Crippen LogP contribution is 2.32. The Morgan fingerprint density at radius 3 is 2.50 bits per heavy atom. The zero-order valence-corrected chi connectivity index (χ0v) is 10.1. The van der Waals surface area contributed by atoms with Crippen LogP contribution >= 0.6 is 0 Å².